The SMILES string of the molecule is CCCCNC(=O)Cn1cnc2scc(C(=O)OCC)c2c1=O. The Morgan fingerprint density at radius 1 is 1.39 bits per heavy atom. The molecule has 1 N–H and O–H groups in total. The molecule has 0 aromatic carbocycles. The minimum Gasteiger partial charge on any atom is -0.462 e. The molecule has 0 atom stereocenters. The number of hydrogen-bond acceptors (Lipinski definition) is 6. The van der Waals surface area contributed by atoms with Gasteiger partial charge in [-0.1, -0.05) is 13.3 Å². The van der Waals surface area contributed by atoms with E-state index in [1.807, 2.05) is 6.92 Å². The normalized spacial score (nSPS) is 10.7. The highest BCUT2D eigenvalue weighted by molar-refractivity contribution is 7.17. The molecule has 0 radical (unpaired) electrons. The van der Waals surface area contributed by atoms with E-state index in [0.29, 0.717) is 11.4 Å². The van der Waals surface area contributed by atoms with E-state index in [4.69, 9.17) is 4.74 Å². The molecule has 1 amide bonds. The van der Waals surface area contributed by atoms with Gasteiger partial charge in [0.05, 0.1) is 23.9 Å². The number of ether oxygens (including phenoxy) is 1. The van der Waals surface area contributed by atoms with E-state index in [2.05, 4.69) is 10.3 Å². The van der Waals surface area contributed by atoms with Crippen molar-refractivity contribution in [1.29, 1.82) is 0 Å². The minimum absolute atomic E-state index is 0.121. The van der Waals surface area contributed by atoms with Crippen LogP contribution in [0.25, 0.3) is 10.2 Å². The number of rotatable bonds is 7. The zero-order chi connectivity index (χ0) is 16.8. The number of amides is 1. The lowest BCUT2D eigenvalue weighted by atomic mass is 10.2. The number of unbranched alkanes of at least 4 members (excludes halogenated alkanes) is 1. The molecule has 124 valence electrons. The van der Waals surface area contributed by atoms with E-state index < -0.39 is 11.5 Å². The van der Waals surface area contributed by atoms with Crippen LogP contribution in [-0.4, -0.2) is 34.6 Å². The molecule has 0 fully saturated rings. The van der Waals surface area contributed by atoms with Crippen molar-refractivity contribution in [1.82, 2.24) is 14.9 Å². The van der Waals surface area contributed by atoms with Crippen molar-refractivity contribution in [2.24, 2.45) is 0 Å². The largest absolute Gasteiger partial charge is 0.462 e. The van der Waals surface area contributed by atoms with Gasteiger partial charge in [0.1, 0.15) is 11.4 Å². The van der Waals surface area contributed by atoms with Gasteiger partial charge < -0.3 is 10.1 Å². The molecule has 2 aromatic heterocycles. The summed E-state index contributed by atoms with van der Waals surface area (Å²) in [6.45, 7) is 4.41. The Kier molecular flexibility index (Phi) is 5.86. The van der Waals surface area contributed by atoms with Gasteiger partial charge in [-0.3, -0.25) is 14.2 Å². The van der Waals surface area contributed by atoms with Crippen LogP contribution in [0.2, 0.25) is 0 Å². The highest BCUT2D eigenvalue weighted by Gasteiger charge is 2.18. The van der Waals surface area contributed by atoms with Gasteiger partial charge in [-0.25, -0.2) is 9.78 Å². The molecule has 0 saturated heterocycles. The van der Waals surface area contributed by atoms with Crippen LogP contribution in [0.5, 0.6) is 0 Å². The van der Waals surface area contributed by atoms with Gasteiger partial charge >= 0.3 is 5.97 Å². The molecule has 7 nitrogen and oxygen atoms in total. The van der Waals surface area contributed by atoms with Crippen molar-refractivity contribution in [2.75, 3.05) is 13.2 Å². The second-order valence-electron chi connectivity index (χ2n) is 4.93. The van der Waals surface area contributed by atoms with Crippen LogP contribution >= 0.6 is 11.3 Å². The Bertz CT molecular complexity index is 766. The Balaban J connectivity index is 2.27. The molecule has 0 aliphatic rings. The van der Waals surface area contributed by atoms with Gasteiger partial charge in [0, 0.05) is 11.9 Å². The second-order valence-corrected chi connectivity index (χ2v) is 5.79. The first-order valence-electron chi connectivity index (χ1n) is 7.48. The number of nitrogens with one attached hydrogen (secondary N) is 1. The number of fused-ring (bicyclic) bond motifs is 1. The maximum absolute atomic E-state index is 12.5. The van der Waals surface area contributed by atoms with Crippen molar-refractivity contribution in [2.45, 2.75) is 33.2 Å². The molecule has 2 rings (SSSR count). The monoisotopic (exact) mass is 337 g/mol. The van der Waals surface area contributed by atoms with Crippen molar-refractivity contribution in [3.8, 4) is 0 Å². The molecule has 0 bridgehead atoms. The van der Waals surface area contributed by atoms with E-state index >= 15 is 0 Å². The number of carbonyl (C=O) groups excluding carboxylic acids is 2. The summed E-state index contributed by atoms with van der Waals surface area (Å²) in [5.41, 5.74) is -0.213. The fourth-order valence-electron chi connectivity index (χ4n) is 2.05. The average molecular weight is 337 g/mol. The summed E-state index contributed by atoms with van der Waals surface area (Å²) in [6, 6.07) is 0. The second kappa shape index (κ2) is 7.87. The Hall–Kier alpha value is -2.22. The van der Waals surface area contributed by atoms with Crippen LogP contribution in [0.3, 0.4) is 0 Å². The predicted molar refractivity (Wildman–Crippen MR) is 87.8 cm³/mol. The first-order valence-corrected chi connectivity index (χ1v) is 8.36. The third-order valence-electron chi connectivity index (χ3n) is 3.22. The summed E-state index contributed by atoms with van der Waals surface area (Å²) in [7, 11) is 0. The smallest absolute Gasteiger partial charge is 0.339 e. The third kappa shape index (κ3) is 3.95. The maximum atomic E-state index is 12.5. The standard InChI is InChI=1S/C15H19N3O4S/c1-3-5-6-16-11(19)7-18-9-17-13-12(14(18)20)10(8-23-13)15(21)22-4-2/h8-9H,3-7H2,1-2H3,(H,16,19). The van der Waals surface area contributed by atoms with Crippen LogP contribution in [0, 0.1) is 0 Å². The number of carbonyl (C=O) groups is 2. The molecule has 8 heteroatoms. The molecular weight excluding hydrogens is 318 g/mol. The maximum Gasteiger partial charge on any atom is 0.339 e. The van der Waals surface area contributed by atoms with E-state index in [1.165, 1.54) is 22.2 Å². The van der Waals surface area contributed by atoms with Gasteiger partial charge in [-0.05, 0) is 13.3 Å². The molecule has 0 aliphatic carbocycles. The zero-order valence-electron chi connectivity index (χ0n) is 13.1. The van der Waals surface area contributed by atoms with Crippen LogP contribution in [0.15, 0.2) is 16.5 Å². The van der Waals surface area contributed by atoms with Gasteiger partial charge in [-0.15, -0.1) is 11.3 Å². The van der Waals surface area contributed by atoms with Gasteiger partial charge in [0.2, 0.25) is 5.91 Å². The minimum atomic E-state index is -0.553. The number of esters is 1. The first-order chi connectivity index (χ1) is 11.1. The van der Waals surface area contributed by atoms with Crippen LogP contribution in [-0.2, 0) is 16.1 Å². The molecule has 2 aromatic rings. The lowest BCUT2D eigenvalue weighted by Crippen LogP contribution is -2.33. The summed E-state index contributed by atoms with van der Waals surface area (Å²) in [6.07, 6.45) is 3.19. The molecule has 0 spiro atoms. The van der Waals surface area contributed by atoms with E-state index in [0.717, 1.165) is 12.8 Å². The number of aromatic nitrogens is 2. The van der Waals surface area contributed by atoms with E-state index in [-0.39, 0.29) is 30.0 Å². The third-order valence-corrected chi connectivity index (χ3v) is 4.11. The summed E-state index contributed by atoms with van der Waals surface area (Å²) in [5.74, 6) is -0.808. The van der Waals surface area contributed by atoms with E-state index in [1.54, 1.807) is 12.3 Å². The quantitative estimate of drug-likeness (QED) is 0.611. The van der Waals surface area contributed by atoms with Crippen LogP contribution in [0.4, 0.5) is 0 Å². The number of nitrogens with zero attached hydrogens (tertiary/aromatic N) is 2. The first kappa shape index (κ1) is 17.1. The molecule has 0 saturated carbocycles. The molecule has 0 unspecified atom stereocenters. The van der Waals surface area contributed by atoms with Crippen molar-refractivity contribution >= 4 is 33.4 Å². The van der Waals surface area contributed by atoms with Crippen LogP contribution < -0.4 is 10.9 Å². The van der Waals surface area contributed by atoms with Gasteiger partial charge in [-0.2, -0.15) is 0 Å². The summed E-state index contributed by atoms with van der Waals surface area (Å²) >= 11 is 1.20. The zero-order valence-corrected chi connectivity index (χ0v) is 13.9. The van der Waals surface area contributed by atoms with Crippen molar-refractivity contribution in [3.05, 3.63) is 27.6 Å². The molecular formula is C15H19N3O4S. The fourth-order valence-corrected chi connectivity index (χ4v) is 2.92. The average Bonchev–Trinajstić information content (AvgIpc) is 2.95. The summed E-state index contributed by atoms with van der Waals surface area (Å²) < 4.78 is 6.16. The van der Waals surface area contributed by atoms with Crippen molar-refractivity contribution in [3.63, 3.8) is 0 Å². The van der Waals surface area contributed by atoms with E-state index in [9.17, 15) is 14.4 Å². The predicted octanol–water partition coefficient (Wildman–Crippen LogP) is 1.55. The van der Waals surface area contributed by atoms with Gasteiger partial charge in [0.25, 0.3) is 5.56 Å². The van der Waals surface area contributed by atoms with Gasteiger partial charge in [0.15, 0.2) is 0 Å². The Labute approximate surface area is 137 Å². The lowest BCUT2D eigenvalue weighted by molar-refractivity contribution is -0.121. The summed E-state index contributed by atoms with van der Waals surface area (Å²) in [4.78, 5) is 40.9. The highest BCUT2D eigenvalue weighted by Crippen LogP contribution is 2.21. The Morgan fingerprint density at radius 3 is 2.87 bits per heavy atom. The summed E-state index contributed by atoms with van der Waals surface area (Å²) in [5, 5.41) is 4.51. The lowest BCUT2D eigenvalue weighted by Gasteiger charge is -2.07. The fraction of sp³-hybridized carbons (Fsp3) is 0.467. The Morgan fingerprint density at radius 2 is 2.17 bits per heavy atom. The highest BCUT2D eigenvalue weighted by atomic mass is 32.1. The molecule has 2 heterocycles. The number of hydrogen-bond donors (Lipinski definition) is 1. The van der Waals surface area contributed by atoms with Crippen molar-refractivity contribution < 1.29 is 14.3 Å². The van der Waals surface area contributed by atoms with Crippen LogP contribution in [0.1, 0.15) is 37.0 Å². The molecule has 23 heavy (non-hydrogen) atoms. The molecule has 0 aliphatic heterocycles. The number of thiophene rings is 1. The topological polar surface area (TPSA) is 90.3 Å².